The molecule has 0 aliphatic heterocycles. The largest absolute Gasteiger partial charge is 0.421 e. The Labute approximate surface area is 93.1 Å². The van der Waals surface area contributed by atoms with E-state index in [1.165, 1.54) is 0 Å². The maximum Gasteiger partial charge on any atom is 0.247 e. The van der Waals surface area contributed by atoms with Crippen molar-refractivity contribution >= 4 is 11.6 Å². The summed E-state index contributed by atoms with van der Waals surface area (Å²) in [5.74, 6) is 1.23. The summed E-state index contributed by atoms with van der Waals surface area (Å²) in [7, 11) is 0. The van der Waals surface area contributed by atoms with Crippen molar-refractivity contribution < 1.29 is 4.42 Å². The van der Waals surface area contributed by atoms with Gasteiger partial charge in [-0.15, -0.1) is 10.2 Å². The number of hydrogen-bond donors (Lipinski definition) is 0. The van der Waals surface area contributed by atoms with Crippen LogP contribution in [0.3, 0.4) is 0 Å². The van der Waals surface area contributed by atoms with E-state index in [1.54, 1.807) is 12.1 Å². The summed E-state index contributed by atoms with van der Waals surface area (Å²) in [5, 5.41) is 8.63. The highest BCUT2D eigenvalue weighted by Crippen LogP contribution is 2.20. The normalized spacial score (nSPS) is 10.5. The van der Waals surface area contributed by atoms with Crippen LogP contribution in [0.1, 0.15) is 19.2 Å². The third-order valence-electron chi connectivity index (χ3n) is 2.02. The number of benzene rings is 1. The van der Waals surface area contributed by atoms with Gasteiger partial charge in [0, 0.05) is 17.0 Å². The van der Waals surface area contributed by atoms with Crippen molar-refractivity contribution in [2.24, 2.45) is 0 Å². The molecule has 0 aliphatic carbocycles. The fraction of sp³-hybridized carbons (Fsp3) is 0.273. The highest BCUT2D eigenvalue weighted by molar-refractivity contribution is 6.30. The Kier molecular flexibility index (Phi) is 3.02. The molecular formula is C11H11ClN2O. The quantitative estimate of drug-likeness (QED) is 0.800. The summed E-state index contributed by atoms with van der Waals surface area (Å²) in [6.07, 6.45) is 1.82. The second-order valence-electron chi connectivity index (χ2n) is 3.26. The van der Waals surface area contributed by atoms with Crippen LogP contribution in [0, 0.1) is 0 Å². The van der Waals surface area contributed by atoms with Crippen LogP contribution in [0.4, 0.5) is 0 Å². The summed E-state index contributed by atoms with van der Waals surface area (Å²) in [6.45, 7) is 2.08. The summed E-state index contributed by atoms with van der Waals surface area (Å²) >= 11 is 5.79. The van der Waals surface area contributed by atoms with Crippen LogP contribution in [0.5, 0.6) is 0 Å². The summed E-state index contributed by atoms with van der Waals surface area (Å²) in [4.78, 5) is 0. The summed E-state index contributed by atoms with van der Waals surface area (Å²) in [6, 6.07) is 7.35. The highest BCUT2D eigenvalue weighted by atomic mass is 35.5. The Hall–Kier alpha value is -1.35. The van der Waals surface area contributed by atoms with E-state index in [-0.39, 0.29) is 0 Å². The average Bonchev–Trinajstić information content (AvgIpc) is 2.68. The number of aromatic nitrogens is 2. The molecule has 0 bridgehead atoms. The zero-order chi connectivity index (χ0) is 10.7. The predicted molar refractivity (Wildman–Crippen MR) is 58.7 cm³/mol. The van der Waals surface area contributed by atoms with E-state index in [0.717, 1.165) is 18.4 Å². The molecule has 0 spiro atoms. The van der Waals surface area contributed by atoms with E-state index in [1.807, 2.05) is 12.1 Å². The smallest absolute Gasteiger partial charge is 0.247 e. The average molecular weight is 223 g/mol. The van der Waals surface area contributed by atoms with Crippen LogP contribution >= 0.6 is 11.6 Å². The zero-order valence-electron chi connectivity index (χ0n) is 8.40. The maximum absolute atomic E-state index is 5.79. The third kappa shape index (κ3) is 2.36. The second kappa shape index (κ2) is 4.45. The van der Waals surface area contributed by atoms with Gasteiger partial charge in [0.15, 0.2) is 0 Å². The van der Waals surface area contributed by atoms with Crippen molar-refractivity contribution in [1.29, 1.82) is 0 Å². The molecule has 2 rings (SSSR count). The molecule has 0 atom stereocenters. The van der Waals surface area contributed by atoms with Crippen LogP contribution in [0.15, 0.2) is 28.7 Å². The molecule has 2 aromatic rings. The standard InChI is InChI=1S/C11H11ClN2O/c1-2-3-10-13-14-11(15-10)8-4-6-9(12)7-5-8/h4-7H,2-3H2,1H3. The van der Waals surface area contributed by atoms with Crippen molar-refractivity contribution in [3.8, 4) is 11.5 Å². The van der Waals surface area contributed by atoms with Crippen molar-refractivity contribution in [2.75, 3.05) is 0 Å². The molecule has 0 amide bonds. The van der Waals surface area contributed by atoms with Gasteiger partial charge >= 0.3 is 0 Å². The molecule has 1 aromatic carbocycles. The Morgan fingerprint density at radius 3 is 2.60 bits per heavy atom. The van der Waals surface area contributed by atoms with Crippen molar-refractivity contribution in [1.82, 2.24) is 10.2 Å². The number of hydrogen-bond acceptors (Lipinski definition) is 3. The molecule has 0 fully saturated rings. The zero-order valence-corrected chi connectivity index (χ0v) is 9.16. The van der Waals surface area contributed by atoms with Crippen molar-refractivity contribution in [2.45, 2.75) is 19.8 Å². The lowest BCUT2D eigenvalue weighted by atomic mass is 10.2. The molecule has 0 aliphatic rings. The minimum absolute atomic E-state index is 0.551. The number of rotatable bonds is 3. The SMILES string of the molecule is CCCc1nnc(-c2ccc(Cl)cc2)o1. The topological polar surface area (TPSA) is 38.9 Å². The molecule has 0 saturated heterocycles. The molecule has 4 heteroatoms. The lowest BCUT2D eigenvalue weighted by molar-refractivity contribution is 0.502. The minimum atomic E-state index is 0.551. The van der Waals surface area contributed by atoms with Gasteiger partial charge in [-0.3, -0.25) is 0 Å². The van der Waals surface area contributed by atoms with Gasteiger partial charge in [0.2, 0.25) is 11.8 Å². The van der Waals surface area contributed by atoms with Crippen LogP contribution in [0.25, 0.3) is 11.5 Å². The van der Waals surface area contributed by atoms with Crippen LogP contribution in [-0.2, 0) is 6.42 Å². The van der Waals surface area contributed by atoms with Crippen LogP contribution < -0.4 is 0 Å². The van der Waals surface area contributed by atoms with Gasteiger partial charge in [0.05, 0.1) is 0 Å². The van der Waals surface area contributed by atoms with E-state index in [0.29, 0.717) is 16.8 Å². The van der Waals surface area contributed by atoms with Gasteiger partial charge in [-0.2, -0.15) is 0 Å². The molecule has 78 valence electrons. The van der Waals surface area contributed by atoms with Gasteiger partial charge in [-0.05, 0) is 30.7 Å². The lowest BCUT2D eigenvalue weighted by Crippen LogP contribution is -1.80. The summed E-state index contributed by atoms with van der Waals surface area (Å²) < 4.78 is 5.48. The van der Waals surface area contributed by atoms with Crippen molar-refractivity contribution in [3.63, 3.8) is 0 Å². The Bertz CT molecular complexity index is 436. The first kappa shape index (κ1) is 10.2. The Morgan fingerprint density at radius 1 is 1.20 bits per heavy atom. The van der Waals surface area contributed by atoms with Gasteiger partial charge in [0.1, 0.15) is 0 Å². The molecule has 0 radical (unpaired) electrons. The molecular weight excluding hydrogens is 212 g/mol. The molecule has 1 aromatic heterocycles. The predicted octanol–water partition coefficient (Wildman–Crippen LogP) is 3.34. The minimum Gasteiger partial charge on any atom is -0.421 e. The highest BCUT2D eigenvalue weighted by Gasteiger charge is 2.06. The first-order chi connectivity index (χ1) is 7.29. The molecule has 0 saturated carbocycles. The fourth-order valence-corrected chi connectivity index (χ4v) is 1.40. The van der Waals surface area contributed by atoms with Gasteiger partial charge in [-0.1, -0.05) is 18.5 Å². The molecule has 0 N–H and O–H groups in total. The first-order valence-corrected chi connectivity index (χ1v) is 5.25. The maximum atomic E-state index is 5.79. The number of halogens is 1. The van der Waals surface area contributed by atoms with Gasteiger partial charge in [0.25, 0.3) is 0 Å². The molecule has 1 heterocycles. The number of nitrogens with zero attached hydrogens (tertiary/aromatic N) is 2. The van der Waals surface area contributed by atoms with E-state index < -0.39 is 0 Å². The van der Waals surface area contributed by atoms with E-state index >= 15 is 0 Å². The van der Waals surface area contributed by atoms with Crippen molar-refractivity contribution in [3.05, 3.63) is 35.2 Å². The first-order valence-electron chi connectivity index (χ1n) is 4.88. The van der Waals surface area contributed by atoms with Crippen LogP contribution in [-0.4, -0.2) is 10.2 Å². The van der Waals surface area contributed by atoms with Crippen LogP contribution in [0.2, 0.25) is 5.02 Å². The van der Waals surface area contributed by atoms with Gasteiger partial charge in [-0.25, -0.2) is 0 Å². The fourth-order valence-electron chi connectivity index (χ4n) is 1.28. The van der Waals surface area contributed by atoms with E-state index in [9.17, 15) is 0 Å². The molecule has 3 nitrogen and oxygen atoms in total. The second-order valence-corrected chi connectivity index (χ2v) is 3.69. The van der Waals surface area contributed by atoms with Gasteiger partial charge < -0.3 is 4.42 Å². The summed E-state index contributed by atoms with van der Waals surface area (Å²) in [5.41, 5.74) is 0.897. The molecule has 0 unspecified atom stereocenters. The third-order valence-corrected chi connectivity index (χ3v) is 2.27. The lowest BCUT2D eigenvalue weighted by Gasteiger charge is -1.93. The number of aryl methyl sites for hydroxylation is 1. The van der Waals surface area contributed by atoms with E-state index in [4.69, 9.17) is 16.0 Å². The van der Waals surface area contributed by atoms with E-state index in [2.05, 4.69) is 17.1 Å². The monoisotopic (exact) mass is 222 g/mol. The Morgan fingerprint density at radius 2 is 1.93 bits per heavy atom. The molecule has 15 heavy (non-hydrogen) atoms. The Balaban J connectivity index is 2.25.